The summed E-state index contributed by atoms with van der Waals surface area (Å²) in [7, 11) is 0. The van der Waals surface area contributed by atoms with E-state index >= 15 is 0 Å². The monoisotopic (exact) mass is 396 g/mol. The molecule has 1 aromatic heterocycles. The van der Waals surface area contributed by atoms with Gasteiger partial charge in [-0.3, -0.25) is 9.80 Å². The molecule has 2 aliphatic heterocycles. The molecule has 0 aliphatic carbocycles. The van der Waals surface area contributed by atoms with E-state index in [2.05, 4.69) is 57.9 Å². The van der Waals surface area contributed by atoms with Gasteiger partial charge in [-0.15, -0.1) is 0 Å². The Bertz CT molecular complexity index is 778. The third kappa shape index (κ3) is 4.94. The van der Waals surface area contributed by atoms with Crippen molar-refractivity contribution in [3.8, 4) is 0 Å². The van der Waals surface area contributed by atoms with Crippen LogP contribution in [0.25, 0.3) is 0 Å². The molecular formula is C23H32N4S. The minimum Gasteiger partial charge on any atom is -0.298 e. The molecule has 1 atom stereocenters. The average molecular weight is 397 g/mol. The summed E-state index contributed by atoms with van der Waals surface area (Å²) in [4.78, 5) is 14.3. The van der Waals surface area contributed by atoms with Crippen LogP contribution in [0.4, 0.5) is 0 Å². The first-order valence-corrected chi connectivity index (χ1v) is 11.6. The van der Waals surface area contributed by atoms with Gasteiger partial charge in [0, 0.05) is 44.1 Å². The maximum absolute atomic E-state index is 4.50. The van der Waals surface area contributed by atoms with E-state index in [1.165, 1.54) is 62.1 Å². The van der Waals surface area contributed by atoms with Crippen LogP contribution in [0, 0.1) is 12.3 Å². The lowest BCUT2D eigenvalue weighted by atomic mass is 9.79. The summed E-state index contributed by atoms with van der Waals surface area (Å²) < 4.78 is 0. The maximum Gasteiger partial charge on any atom is 0.187 e. The van der Waals surface area contributed by atoms with Crippen molar-refractivity contribution in [2.24, 2.45) is 5.41 Å². The Morgan fingerprint density at radius 3 is 2.50 bits per heavy atom. The summed E-state index contributed by atoms with van der Waals surface area (Å²) in [6.45, 7) is 11.3. The van der Waals surface area contributed by atoms with Gasteiger partial charge in [-0.25, -0.2) is 9.97 Å². The number of aromatic nitrogens is 2. The topological polar surface area (TPSA) is 32.3 Å². The number of thioether (sulfide) groups is 1. The van der Waals surface area contributed by atoms with Gasteiger partial charge in [0.05, 0.1) is 0 Å². The summed E-state index contributed by atoms with van der Waals surface area (Å²) in [5.41, 5.74) is 4.53. The van der Waals surface area contributed by atoms with Crippen LogP contribution in [0.5, 0.6) is 0 Å². The number of hydrogen-bond donors (Lipinski definition) is 0. The molecule has 2 aromatic rings. The third-order valence-electron chi connectivity index (χ3n) is 6.11. The molecule has 0 radical (unpaired) electrons. The number of rotatable bonds is 6. The zero-order valence-electron chi connectivity index (χ0n) is 17.2. The summed E-state index contributed by atoms with van der Waals surface area (Å²) in [6, 6.07) is 8.99. The van der Waals surface area contributed by atoms with E-state index in [1.807, 2.05) is 12.4 Å². The molecule has 4 nitrogen and oxygen atoms in total. The molecule has 28 heavy (non-hydrogen) atoms. The van der Waals surface area contributed by atoms with Crippen molar-refractivity contribution in [3.63, 3.8) is 0 Å². The highest BCUT2D eigenvalue weighted by Crippen LogP contribution is 2.39. The van der Waals surface area contributed by atoms with Gasteiger partial charge in [-0.1, -0.05) is 48.5 Å². The molecule has 2 saturated heterocycles. The average Bonchev–Trinajstić information content (AvgIpc) is 3.05. The van der Waals surface area contributed by atoms with Gasteiger partial charge in [0.25, 0.3) is 0 Å². The van der Waals surface area contributed by atoms with Gasteiger partial charge in [0.2, 0.25) is 0 Å². The first-order valence-electron chi connectivity index (χ1n) is 10.6. The van der Waals surface area contributed by atoms with Gasteiger partial charge in [-0.2, -0.15) is 0 Å². The normalized spacial score (nSPS) is 23.5. The molecule has 5 heteroatoms. The largest absolute Gasteiger partial charge is 0.298 e. The molecule has 1 spiro atoms. The first-order chi connectivity index (χ1) is 13.6. The van der Waals surface area contributed by atoms with E-state index in [0.29, 0.717) is 5.41 Å². The lowest BCUT2D eigenvalue weighted by Gasteiger charge is -2.40. The Hall–Kier alpha value is -1.43. The number of likely N-dealkylation sites (tertiary alicyclic amines) is 2. The smallest absolute Gasteiger partial charge is 0.187 e. The zero-order valence-corrected chi connectivity index (χ0v) is 18.0. The van der Waals surface area contributed by atoms with E-state index in [9.17, 15) is 0 Å². The maximum atomic E-state index is 4.50. The van der Waals surface area contributed by atoms with E-state index in [4.69, 9.17) is 0 Å². The molecule has 1 aromatic carbocycles. The second kappa shape index (κ2) is 8.93. The van der Waals surface area contributed by atoms with Crippen LogP contribution in [0.1, 0.15) is 42.9 Å². The van der Waals surface area contributed by atoms with Crippen LogP contribution < -0.4 is 0 Å². The molecule has 1 unspecified atom stereocenters. The summed E-state index contributed by atoms with van der Waals surface area (Å²) in [5.74, 6) is 1.02. The minimum absolute atomic E-state index is 0.473. The van der Waals surface area contributed by atoms with Crippen molar-refractivity contribution in [2.75, 3.05) is 31.9 Å². The summed E-state index contributed by atoms with van der Waals surface area (Å²) in [5, 5.41) is 0.892. The van der Waals surface area contributed by atoms with Gasteiger partial charge >= 0.3 is 0 Å². The molecule has 0 bridgehead atoms. The van der Waals surface area contributed by atoms with Gasteiger partial charge in [0.15, 0.2) is 5.16 Å². The quantitative estimate of drug-likeness (QED) is 0.534. The molecule has 3 heterocycles. The second-order valence-electron chi connectivity index (χ2n) is 8.57. The SMILES string of the molecule is CCSc1ncc(CN2CCC3(CCCN(Cc4cccc(C)c4)C3)C2)cn1. The van der Waals surface area contributed by atoms with Crippen LogP contribution >= 0.6 is 11.8 Å². The number of piperidine rings is 1. The number of nitrogens with zero attached hydrogens (tertiary/aromatic N) is 4. The minimum atomic E-state index is 0.473. The lowest BCUT2D eigenvalue weighted by Crippen LogP contribution is -2.44. The molecule has 2 aliphatic rings. The Balaban J connectivity index is 1.34. The third-order valence-corrected chi connectivity index (χ3v) is 6.87. The number of hydrogen-bond acceptors (Lipinski definition) is 5. The Labute approximate surface area is 173 Å². The van der Waals surface area contributed by atoms with Gasteiger partial charge < -0.3 is 0 Å². The van der Waals surface area contributed by atoms with Crippen LogP contribution in [-0.4, -0.2) is 51.7 Å². The fourth-order valence-electron chi connectivity index (χ4n) is 4.90. The Morgan fingerprint density at radius 1 is 1.00 bits per heavy atom. The highest BCUT2D eigenvalue weighted by atomic mass is 32.2. The predicted octanol–water partition coefficient (Wildman–Crippen LogP) is 4.39. The van der Waals surface area contributed by atoms with Crippen molar-refractivity contribution in [1.29, 1.82) is 0 Å². The zero-order chi connectivity index (χ0) is 19.4. The van der Waals surface area contributed by atoms with Crippen LogP contribution in [0.15, 0.2) is 41.8 Å². The number of benzene rings is 1. The molecule has 0 saturated carbocycles. The standard InChI is InChI=1S/C23H32N4S/c1-3-28-22-24-13-21(14-25-22)16-27-11-9-23(18-27)8-5-10-26(17-23)15-20-7-4-6-19(2)12-20/h4,6-7,12-14H,3,5,8-11,15-18H2,1-2H3. The summed E-state index contributed by atoms with van der Waals surface area (Å²) in [6.07, 6.45) is 8.05. The summed E-state index contributed by atoms with van der Waals surface area (Å²) >= 11 is 1.70. The van der Waals surface area contributed by atoms with Crippen LogP contribution in [0.3, 0.4) is 0 Å². The van der Waals surface area contributed by atoms with Gasteiger partial charge in [0.1, 0.15) is 0 Å². The highest BCUT2D eigenvalue weighted by Gasteiger charge is 2.41. The fraction of sp³-hybridized carbons (Fsp3) is 0.565. The Morgan fingerprint density at radius 2 is 1.75 bits per heavy atom. The van der Waals surface area contributed by atoms with Crippen LogP contribution in [-0.2, 0) is 13.1 Å². The van der Waals surface area contributed by atoms with Crippen LogP contribution in [0.2, 0.25) is 0 Å². The highest BCUT2D eigenvalue weighted by molar-refractivity contribution is 7.99. The van der Waals surface area contributed by atoms with Gasteiger partial charge in [-0.05, 0) is 56.0 Å². The van der Waals surface area contributed by atoms with E-state index in [0.717, 1.165) is 24.0 Å². The molecule has 0 amide bonds. The fourth-order valence-corrected chi connectivity index (χ4v) is 5.41. The van der Waals surface area contributed by atoms with E-state index in [-0.39, 0.29) is 0 Å². The molecule has 2 fully saturated rings. The lowest BCUT2D eigenvalue weighted by molar-refractivity contribution is 0.0866. The van der Waals surface area contributed by atoms with Crippen molar-refractivity contribution < 1.29 is 0 Å². The van der Waals surface area contributed by atoms with Crippen molar-refractivity contribution in [3.05, 3.63) is 53.3 Å². The second-order valence-corrected chi connectivity index (χ2v) is 9.80. The molecule has 4 rings (SSSR count). The predicted molar refractivity (Wildman–Crippen MR) is 116 cm³/mol. The van der Waals surface area contributed by atoms with Crippen molar-refractivity contribution in [1.82, 2.24) is 19.8 Å². The van der Waals surface area contributed by atoms with E-state index < -0.39 is 0 Å². The van der Waals surface area contributed by atoms with E-state index in [1.54, 1.807) is 11.8 Å². The first kappa shape index (κ1) is 19.9. The van der Waals surface area contributed by atoms with Crippen molar-refractivity contribution in [2.45, 2.75) is 51.4 Å². The van der Waals surface area contributed by atoms with Crippen molar-refractivity contribution >= 4 is 11.8 Å². The molecule has 0 N–H and O–H groups in total. The molecule has 150 valence electrons. The number of aryl methyl sites for hydroxylation is 1. The Kier molecular flexibility index (Phi) is 6.34. The molecular weight excluding hydrogens is 364 g/mol.